The van der Waals surface area contributed by atoms with Gasteiger partial charge in [0.2, 0.25) is 0 Å². The van der Waals surface area contributed by atoms with Gasteiger partial charge in [-0.05, 0) is 49.1 Å². The Morgan fingerprint density at radius 1 is 1.24 bits per heavy atom. The average molecular weight is 234 g/mol. The van der Waals surface area contributed by atoms with Crippen molar-refractivity contribution in [3.8, 4) is 0 Å². The number of fused-ring (bicyclic) bond motifs is 1. The maximum absolute atomic E-state index is 10.5. The van der Waals surface area contributed by atoms with E-state index in [1.807, 2.05) is 32.0 Å². The van der Waals surface area contributed by atoms with Gasteiger partial charge in [-0.15, -0.1) is 0 Å². The predicted octanol–water partition coefficient (Wildman–Crippen LogP) is 2.69. The van der Waals surface area contributed by atoms with Crippen molar-refractivity contribution in [3.63, 3.8) is 0 Å². The number of hydrogen-bond donors (Lipinski definition) is 2. The van der Waals surface area contributed by atoms with Crippen LogP contribution in [-0.2, 0) is 6.42 Å². The lowest BCUT2D eigenvalue weighted by atomic mass is 9.81. The van der Waals surface area contributed by atoms with Crippen molar-refractivity contribution < 1.29 is 10.2 Å². The second-order valence-corrected chi connectivity index (χ2v) is 5.30. The minimum Gasteiger partial charge on any atom is -0.393 e. The number of rotatable bonds is 2. The first-order chi connectivity index (χ1) is 8.11. The van der Waals surface area contributed by atoms with Crippen LogP contribution in [0.3, 0.4) is 0 Å². The van der Waals surface area contributed by atoms with Crippen molar-refractivity contribution in [2.75, 3.05) is 0 Å². The largest absolute Gasteiger partial charge is 0.393 e. The number of benzene rings is 1. The van der Waals surface area contributed by atoms with E-state index in [1.165, 1.54) is 5.56 Å². The van der Waals surface area contributed by atoms with Gasteiger partial charge in [0.1, 0.15) is 0 Å². The Balaban J connectivity index is 2.28. The van der Waals surface area contributed by atoms with Gasteiger partial charge in [-0.2, -0.15) is 0 Å². The molecule has 2 rings (SSSR count). The van der Waals surface area contributed by atoms with Crippen molar-refractivity contribution in [2.24, 2.45) is 11.8 Å². The van der Waals surface area contributed by atoms with Gasteiger partial charge in [-0.25, -0.2) is 0 Å². The SMILES string of the molecule is CC(O)C(C)C1CCCc2ccccc2C1O. The van der Waals surface area contributed by atoms with Crippen LogP contribution < -0.4 is 0 Å². The van der Waals surface area contributed by atoms with Crippen molar-refractivity contribution in [1.82, 2.24) is 0 Å². The Labute approximate surface area is 103 Å². The first-order valence-electron chi connectivity index (χ1n) is 6.55. The summed E-state index contributed by atoms with van der Waals surface area (Å²) in [5.41, 5.74) is 2.32. The average Bonchev–Trinajstić information content (AvgIpc) is 2.48. The highest BCUT2D eigenvalue weighted by Crippen LogP contribution is 2.38. The lowest BCUT2D eigenvalue weighted by Crippen LogP contribution is -2.27. The highest BCUT2D eigenvalue weighted by molar-refractivity contribution is 5.30. The van der Waals surface area contributed by atoms with Crippen LogP contribution >= 0.6 is 0 Å². The molecule has 2 nitrogen and oxygen atoms in total. The second kappa shape index (κ2) is 5.19. The lowest BCUT2D eigenvalue weighted by molar-refractivity contribution is 0.0184. The highest BCUT2D eigenvalue weighted by atomic mass is 16.3. The van der Waals surface area contributed by atoms with Crippen LogP contribution in [0.1, 0.15) is 43.9 Å². The summed E-state index contributed by atoms with van der Waals surface area (Å²) in [4.78, 5) is 0. The smallest absolute Gasteiger partial charge is 0.0824 e. The third-order valence-corrected chi connectivity index (χ3v) is 4.20. The molecule has 0 saturated heterocycles. The van der Waals surface area contributed by atoms with Crippen molar-refractivity contribution in [3.05, 3.63) is 35.4 Å². The molecule has 94 valence electrons. The van der Waals surface area contributed by atoms with Crippen LogP contribution in [0.15, 0.2) is 24.3 Å². The minimum absolute atomic E-state index is 0.135. The molecule has 1 aromatic carbocycles. The monoisotopic (exact) mass is 234 g/mol. The molecule has 0 bridgehead atoms. The first kappa shape index (κ1) is 12.6. The van der Waals surface area contributed by atoms with Gasteiger partial charge in [-0.1, -0.05) is 31.2 Å². The molecule has 4 unspecified atom stereocenters. The molecule has 0 fully saturated rings. The van der Waals surface area contributed by atoms with Crippen LogP contribution in [-0.4, -0.2) is 16.3 Å². The zero-order valence-corrected chi connectivity index (χ0v) is 10.6. The van der Waals surface area contributed by atoms with Crippen molar-refractivity contribution in [1.29, 1.82) is 0 Å². The van der Waals surface area contributed by atoms with E-state index in [0.717, 1.165) is 24.8 Å². The van der Waals surface area contributed by atoms with E-state index in [0.29, 0.717) is 0 Å². The fourth-order valence-corrected chi connectivity index (χ4v) is 2.88. The van der Waals surface area contributed by atoms with Gasteiger partial charge in [0.05, 0.1) is 12.2 Å². The zero-order valence-electron chi connectivity index (χ0n) is 10.6. The zero-order chi connectivity index (χ0) is 12.4. The molecule has 0 amide bonds. The summed E-state index contributed by atoms with van der Waals surface area (Å²) in [6, 6.07) is 8.14. The fourth-order valence-electron chi connectivity index (χ4n) is 2.88. The quantitative estimate of drug-likeness (QED) is 0.772. The second-order valence-electron chi connectivity index (χ2n) is 5.30. The molecule has 2 heteroatoms. The van der Waals surface area contributed by atoms with Gasteiger partial charge in [0.25, 0.3) is 0 Å². The van der Waals surface area contributed by atoms with Gasteiger partial charge in [0, 0.05) is 0 Å². The molecule has 1 aliphatic carbocycles. The van der Waals surface area contributed by atoms with E-state index >= 15 is 0 Å². The van der Waals surface area contributed by atoms with E-state index in [9.17, 15) is 10.2 Å². The summed E-state index contributed by atoms with van der Waals surface area (Å²) < 4.78 is 0. The molecule has 0 saturated carbocycles. The molecule has 17 heavy (non-hydrogen) atoms. The van der Waals surface area contributed by atoms with Crippen molar-refractivity contribution >= 4 is 0 Å². The first-order valence-corrected chi connectivity index (χ1v) is 6.55. The Morgan fingerprint density at radius 3 is 2.65 bits per heavy atom. The van der Waals surface area contributed by atoms with E-state index in [1.54, 1.807) is 0 Å². The van der Waals surface area contributed by atoms with Crippen molar-refractivity contribution in [2.45, 2.75) is 45.3 Å². The van der Waals surface area contributed by atoms with Gasteiger partial charge in [0.15, 0.2) is 0 Å². The summed E-state index contributed by atoms with van der Waals surface area (Å²) in [7, 11) is 0. The molecular weight excluding hydrogens is 212 g/mol. The number of aliphatic hydroxyl groups excluding tert-OH is 2. The van der Waals surface area contributed by atoms with Gasteiger partial charge in [-0.3, -0.25) is 0 Å². The topological polar surface area (TPSA) is 40.5 Å². The fraction of sp³-hybridized carbons (Fsp3) is 0.600. The van der Waals surface area contributed by atoms with E-state index in [4.69, 9.17) is 0 Å². The van der Waals surface area contributed by atoms with Crippen LogP contribution in [0, 0.1) is 11.8 Å². The third-order valence-electron chi connectivity index (χ3n) is 4.20. The maximum Gasteiger partial charge on any atom is 0.0824 e. The number of aliphatic hydroxyl groups is 2. The van der Waals surface area contributed by atoms with Crippen LogP contribution in [0.2, 0.25) is 0 Å². The summed E-state index contributed by atoms with van der Waals surface area (Å²) in [6.07, 6.45) is 2.33. The van der Waals surface area contributed by atoms with E-state index in [-0.39, 0.29) is 17.9 Å². The molecular formula is C15H22O2. The van der Waals surface area contributed by atoms with Crippen LogP contribution in [0.25, 0.3) is 0 Å². The van der Waals surface area contributed by atoms with E-state index in [2.05, 4.69) is 6.07 Å². The maximum atomic E-state index is 10.5. The van der Waals surface area contributed by atoms with E-state index < -0.39 is 6.10 Å². The number of aryl methyl sites for hydroxylation is 1. The normalized spacial score (nSPS) is 28.0. The Kier molecular flexibility index (Phi) is 3.85. The van der Waals surface area contributed by atoms with Crippen LogP contribution in [0.4, 0.5) is 0 Å². The summed E-state index contributed by atoms with van der Waals surface area (Å²) in [5.74, 6) is 0.301. The number of hydrogen-bond acceptors (Lipinski definition) is 2. The molecule has 0 spiro atoms. The Hall–Kier alpha value is -0.860. The molecule has 4 atom stereocenters. The standard InChI is InChI=1S/C15H22O2/c1-10(11(2)16)13-9-5-7-12-6-3-4-8-14(12)15(13)17/h3-4,6,8,10-11,13,15-17H,5,7,9H2,1-2H3. The molecule has 0 aromatic heterocycles. The highest BCUT2D eigenvalue weighted by Gasteiger charge is 2.31. The summed E-state index contributed by atoms with van der Waals surface area (Å²) in [5, 5.41) is 20.2. The molecule has 0 heterocycles. The molecule has 1 aliphatic rings. The Bertz CT molecular complexity index is 373. The Morgan fingerprint density at radius 2 is 1.94 bits per heavy atom. The third kappa shape index (κ3) is 2.53. The van der Waals surface area contributed by atoms with Gasteiger partial charge < -0.3 is 10.2 Å². The molecule has 0 radical (unpaired) electrons. The molecule has 2 N–H and O–H groups in total. The summed E-state index contributed by atoms with van der Waals surface area (Å²) in [6.45, 7) is 3.85. The van der Waals surface area contributed by atoms with Crippen LogP contribution in [0.5, 0.6) is 0 Å². The van der Waals surface area contributed by atoms with Gasteiger partial charge >= 0.3 is 0 Å². The molecule has 1 aromatic rings. The predicted molar refractivity (Wildman–Crippen MR) is 68.7 cm³/mol. The molecule has 0 aliphatic heterocycles. The lowest BCUT2D eigenvalue weighted by Gasteiger charge is -2.29. The summed E-state index contributed by atoms with van der Waals surface area (Å²) >= 11 is 0. The minimum atomic E-state index is -0.432.